The third-order valence-corrected chi connectivity index (χ3v) is 3.76. The maximum atomic E-state index is 12.8. The molecule has 0 radical (unpaired) electrons. The third kappa shape index (κ3) is 3.70. The molecule has 2 heterocycles. The first-order valence-corrected chi connectivity index (χ1v) is 7.25. The van der Waals surface area contributed by atoms with E-state index >= 15 is 0 Å². The van der Waals surface area contributed by atoms with E-state index in [-0.39, 0.29) is 17.4 Å². The molecule has 0 amide bonds. The van der Waals surface area contributed by atoms with Crippen LogP contribution < -0.4 is 0 Å². The van der Waals surface area contributed by atoms with Crippen LogP contribution in [-0.2, 0) is 17.5 Å². The van der Waals surface area contributed by atoms with Crippen molar-refractivity contribution in [3.05, 3.63) is 35.7 Å². The van der Waals surface area contributed by atoms with Crippen molar-refractivity contribution in [2.24, 2.45) is 0 Å². The molecule has 1 aliphatic heterocycles. The van der Waals surface area contributed by atoms with Crippen LogP contribution in [0.3, 0.4) is 0 Å². The number of hydrogen-bond acceptors (Lipinski definition) is 5. The number of aromatic nitrogens is 2. The normalized spacial score (nSPS) is 19.9. The number of halogens is 3. The lowest BCUT2D eigenvalue weighted by Gasteiger charge is -2.31. The van der Waals surface area contributed by atoms with E-state index in [1.54, 1.807) is 0 Å². The van der Waals surface area contributed by atoms with Gasteiger partial charge in [0.2, 0.25) is 11.7 Å². The molecule has 1 atom stereocenters. The molecule has 1 fully saturated rings. The fourth-order valence-electron chi connectivity index (χ4n) is 2.44. The lowest BCUT2D eigenvalue weighted by atomic mass is 10.1. The summed E-state index contributed by atoms with van der Waals surface area (Å²) in [6, 6.07) is 5.12. The average Bonchev–Trinajstić information content (AvgIpc) is 2.98. The van der Waals surface area contributed by atoms with Gasteiger partial charge in [-0.1, -0.05) is 17.3 Å². The van der Waals surface area contributed by atoms with Crippen LogP contribution in [0.1, 0.15) is 18.4 Å². The van der Waals surface area contributed by atoms with Crippen molar-refractivity contribution in [2.75, 3.05) is 19.8 Å². The number of nitrogens with zero attached hydrogens (tertiary/aromatic N) is 3. The number of benzene rings is 1. The van der Waals surface area contributed by atoms with Gasteiger partial charge in [-0.15, -0.1) is 0 Å². The highest BCUT2D eigenvalue weighted by Gasteiger charge is 2.31. The molecule has 0 N–H and O–H groups in total. The molecule has 8 heteroatoms. The fourth-order valence-corrected chi connectivity index (χ4v) is 2.44. The quantitative estimate of drug-likeness (QED) is 0.867. The molecular weight excluding hydrogens is 311 g/mol. The van der Waals surface area contributed by atoms with Crippen LogP contribution in [0, 0.1) is 0 Å². The van der Waals surface area contributed by atoms with Crippen LogP contribution in [0.2, 0.25) is 0 Å². The third-order valence-electron chi connectivity index (χ3n) is 3.76. The Morgan fingerprint density at radius 3 is 2.91 bits per heavy atom. The van der Waals surface area contributed by atoms with Crippen LogP contribution in [0.25, 0.3) is 11.4 Å². The summed E-state index contributed by atoms with van der Waals surface area (Å²) in [5.41, 5.74) is -0.451. The Morgan fingerprint density at radius 2 is 2.17 bits per heavy atom. The Morgan fingerprint density at radius 1 is 1.35 bits per heavy atom. The minimum atomic E-state index is -4.40. The van der Waals surface area contributed by atoms with E-state index < -0.39 is 11.7 Å². The van der Waals surface area contributed by atoms with Gasteiger partial charge in [0.15, 0.2) is 0 Å². The van der Waals surface area contributed by atoms with Gasteiger partial charge in [0.25, 0.3) is 0 Å². The molecule has 1 aromatic carbocycles. The summed E-state index contributed by atoms with van der Waals surface area (Å²) in [5, 5.41) is 3.79. The number of ether oxygens (including phenoxy) is 1. The molecule has 5 nitrogen and oxygen atoms in total. The second-order valence-corrected chi connectivity index (χ2v) is 5.48. The Bertz CT molecular complexity index is 672. The molecule has 0 bridgehead atoms. The van der Waals surface area contributed by atoms with Gasteiger partial charge < -0.3 is 9.26 Å². The topological polar surface area (TPSA) is 51.4 Å². The molecule has 3 rings (SSSR count). The number of rotatable bonds is 3. The van der Waals surface area contributed by atoms with Crippen molar-refractivity contribution < 1.29 is 22.4 Å². The van der Waals surface area contributed by atoms with E-state index in [0.29, 0.717) is 25.6 Å². The predicted molar refractivity (Wildman–Crippen MR) is 75.4 cm³/mol. The van der Waals surface area contributed by atoms with E-state index in [4.69, 9.17) is 9.26 Å². The summed E-state index contributed by atoms with van der Waals surface area (Å²) in [6.45, 7) is 4.51. The lowest BCUT2D eigenvalue weighted by molar-refractivity contribution is -0.137. The van der Waals surface area contributed by atoms with Gasteiger partial charge in [-0.25, -0.2) is 0 Å². The summed E-state index contributed by atoms with van der Waals surface area (Å²) in [6.07, 6.45) is -4.40. The van der Waals surface area contributed by atoms with Crippen LogP contribution in [0.5, 0.6) is 0 Å². The highest BCUT2D eigenvalue weighted by Crippen LogP contribution is 2.31. The maximum Gasteiger partial charge on any atom is 0.416 e. The molecule has 0 spiro atoms. The van der Waals surface area contributed by atoms with Gasteiger partial charge in [0, 0.05) is 18.2 Å². The van der Waals surface area contributed by atoms with E-state index in [0.717, 1.165) is 18.7 Å². The molecule has 1 aliphatic rings. The maximum absolute atomic E-state index is 12.8. The number of morpholine rings is 1. The molecular formula is C15H16F3N3O2. The standard InChI is InChI=1S/C15H16F3N3O2/c1-10-9-22-6-5-21(10)8-13-19-14(20-23-13)11-3-2-4-12(7-11)15(16,17)18/h2-4,7,10H,5-6,8-9H2,1H3/t10-/m1/s1. The SMILES string of the molecule is C[C@@H]1COCCN1Cc1nc(-c2cccc(C(F)(F)F)c2)no1. The summed E-state index contributed by atoms with van der Waals surface area (Å²) >= 11 is 0. The zero-order valence-electron chi connectivity index (χ0n) is 12.5. The monoisotopic (exact) mass is 327 g/mol. The van der Waals surface area contributed by atoms with E-state index in [1.807, 2.05) is 6.92 Å². The minimum Gasteiger partial charge on any atom is -0.379 e. The Hall–Kier alpha value is -1.93. The molecule has 1 aromatic heterocycles. The van der Waals surface area contributed by atoms with Gasteiger partial charge in [0.1, 0.15) is 0 Å². The van der Waals surface area contributed by atoms with Crippen LogP contribution in [-0.4, -0.2) is 40.8 Å². The van der Waals surface area contributed by atoms with Crippen molar-refractivity contribution in [2.45, 2.75) is 25.7 Å². The van der Waals surface area contributed by atoms with E-state index in [1.165, 1.54) is 12.1 Å². The van der Waals surface area contributed by atoms with Gasteiger partial charge >= 0.3 is 6.18 Å². The molecule has 2 aromatic rings. The smallest absolute Gasteiger partial charge is 0.379 e. The van der Waals surface area contributed by atoms with Gasteiger partial charge in [-0.3, -0.25) is 4.90 Å². The molecule has 124 valence electrons. The van der Waals surface area contributed by atoms with Gasteiger partial charge in [-0.2, -0.15) is 18.2 Å². The Kier molecular flexibility index (Phi) is 4.36. The number of alkyl halides is 3. The number of hydrogen-bond donors (Lipinski definition) is 0. The Balaban J connectivity index is 1.77. The molecule has 0 aliphatic carbocycles. The van der Waals surface area contributed by atoms with Crippen molar-refractivity contribution in [1.29, 1.82) is 0 Å². The van der Waals surface area contributed by atoms with E-state index in [2.05, 4.69) is 15.0 Å². The molecule has 1 saturated heterocycles. The second-order valence-electron chi connectivity index (χ2n) is 5.48. The van der Waals surface area contributed by atoms with Crippen molar-refractivity contribution in [1.82, 2.24) is 15.0 Å². The van der Waals surface area contributed by atoms with Gasteiger partial charge in [0.05, 0.1) is 25.3 Å². The summed E-state index contributed by atoms with van der Waals surface area (Å²) in [4.78, 5) is 6.34. The van der Waals surface area contributed by atoms with E-state index in [9.17, 15) is 13.2 Å². The lowest BCUT2D eigenvalue weighted by Crippen LogP contribution is -2.42. The zero-order valence-corrected chi connectivity index (χ0v) is 12.5. The first-order valence-electron chi connectivity index (χ1n) is 7.25. The first kappa shape index (κ1) is 15.9. The second kappa shape index (κ2) is 6.29. The van der Waals surface area contributed by atoms with Crippen molar-refractivity contribution in [3.63, 3.8) is 0 Å². The highest BCUT2D eigenvalue weighted by atomic mass is 19.4. The van der Waals surface area contributed by atoms with Crippen LogP contribution in [0.15, 0.2) is 28.8 Å². The highest BCUT2D eigenvalue weighted by molar-refractivity contribution is 5.55. The minimum absolute atomic E-state index is 0.159. The summed E-state index contributed by atoms with van der Waals surface area (Å²) < 4.78 is 48.8. The summed E-state index contributed by atoms with van der Waals surface area (Å²) in [5.74, 6) is 0.540. The van der Waals surface area contributed by atoms with Crippen molar-refractivity contribution in [3.8, 4) is 11.4 Å². The molecule has 0 saturated carbocycles. The summed E-state index contributed by atoms with van der Waals surface area (Å²) in [7, 11) is 0. The average molecular weight is 327 g/mol. The van der Waals surface area contributed by atoms with Crippen LogP contribution >= 0.6 is 0 Å². The zero-order chi connectivity index (χ0) is 16.4. The largest absolute Gasteiger partial charge is 0.416 e. The molecule has 23 heavy (non-hydrogen) atoms. The Labute approximate surface area is 131 Å². The fraction of sp³-hybridized carbons (Fsp3) is 0.467. The van der Waals surface area contributed by atoms with Crippen LogP contribution in [0.4, 0.5) is 13.2 Å². The first-order chi connectivity index (χ1) is 10.9. The predicted octanol–water partition coefficient (Wildman–Crippen LogP) is 2.98. The molecule has 0 unspecified atom stereocenters. The van der Waals surface area contributed by atoms with Crippen molar-refractivity contribution >= 4 is 0 Å². The van der Waals surface area contributed by atoms with Gasteiger partial charge in [-0.05, 0) is 19.1 Å².